The molecule has 4 nitrogen and oxygen atoms in total. The molecule has 1 fully saturated rings. The standard InChI is InChI=1S/C19H19N3OS2/c23-18(17-8-4-13-24-17)21-9-5-10-22(12-11-21)19-20-16(14-25-19)15-6-2-1-3-7-15/h1-4,6-8,13-14H,5,9-12H2. The van der Waals surface area contributed by atoms with Crippen LogP contribution in [-0.2, 0) is 0 Å². The minimum atomic E-state index is 0.154. The Kier molecular flexibility index (Phi) is 4.81. The average Bonchev–Trinajstić information content (AvgIpc) is 3.30. The third kappa shape index (κ3) is 3.60. The van der Waals surface area contributed by atoms with Gasteiger partial charge in [-0.2, -0.15) is 0 Å². The maximum absolute atomic E-state index is 12.6. The Morgan fingerprint density at radius 2 is 1.84 bits per heavy atom. The summed E-state index contributed by atoms with van der Waals surface area (Å²) in [5, 5.41) is 5.12. The highest BCUT2D eigenvalue weighted by atomic mass is 32.1. The van der Waals surface area contributed by atoms with E-state index in [0.29, 0.717) is 0 Å². The molecule has 1 aromatic carbocycles. The molecule has 3 heterocycles. The molecule has 6 heteroatoms. The van der Waals surface area contributed by atoms with Crippen LogP contribution in [0.15, 0.2) is 53.2 Å². The van der Waals surface area contributed by atoms with Gasteiger partial charge >= 0.3 is 0 Å². The van der Waals surface area contributed by atoms with Crippen molar-refractivity contribution in [2.45, 2.75) is 6.42 Å². The molecule has 0 saturated carbocycles. The second-order valence-electron chi connectivity index (χ2n) is 5.99. The van der Waals surface area contributed by atoms with E-state index in [4.69, 9.17) is 4.98 Å². The second kappa shape index (κ2) is 7.37. The Balaban J connectivity index is 1.45. The minimum absolute atomic E-state index is 0.154. The summed E-state index contributed by atoms with van der Waals surface area (Å²) in [6, 6.07) is 14.1. The van der Waals surface area contributed by atoms with Crippen LogP contribution in [0.3, 0.4) is 0 Å². The molecule has 4 rings (SSSR count). The van der Waals surface area contributed by atoms with Gasteiger partial charge in [0.05, 0.1) is 10.6 Å². The van der Waals surface area contributed by atoms with Crippen molar-refractivity contribution in [1.82, 2.24) is 9.88 Å². The van der Waals surface area contributed by atoms with Crippen LogP contribution < -0.4 is 4.90 Å². The first kappa shape index (κ1) is 16.3. The van der Waals surface area contributed by atoms with Crippen LogP contribution in [0, 0.1) is 0 Å². The monoisotopic (exact) mass is 369 g/mol. The summed E-state index contributed by atoms with van der Waals surface area (Å²) in [5.74, 6) is 0.154. The molecule has 0 aliphatic carbocycles. The van der Waals surface area contributed by atoms with Crippen molar-refractivity contribution in [3.63, 3.8) is 0 Å². The summed E-state index contributed by atoms with van der Waals surface area (Å²) in [5.41, 5.74) is 2.17. The number of thiazole rings is 1. The van der Waals surface area contributed by atoms with Crippen molar-refractivity contribution in [2.24, 2.45) is 0 Å². The first-order valence-corrected chi connectivity index (χ1v) is 10.2. The van der Waals surface area contributed by atoms with Crippen molar-refractivity contribution in [3.8, 4) is 11.3 Å². The van der Waals surface area contributed by atoms with E-state index < -0.39 is 0 Å². The number of amides is 1. The maximum Gasteiger partial charge on any atom is 0.263 e. The predicted octanol–water partition coefficient (Wildman–Crippen LogP) is 4.22. The lowest BCUT2D eigenvalue weighted by molar-refractivity contribution is 0.0772. The molecule has 128 valence electrons. The third-order valence-corrected chi connectivity index (χ3v) is 6.11. The van der Waals surface area contributed by atoms with Crippen LogP contribution in [-0.4, -0.2) is 42.0 Å². The lowest BCUT2D eigenvalue weighted by Gasteiger charge is -2.21. The molecule has 1 aliphatic rings. The zero-order valence-electron chi connectivity index (χ0n) is 13.8. The van der Waals surface area contributed by atoms with Crippen LogP contribution in [0.1, 0.15) is 16.1 Å². The van der Waals surface area contributed by atoms with E-state index >= 15 is 0 Å². The van der Waals surface area contributed by atoms with Gasteiger partial charge in [0.25, 0.3) is 5.91 Å². The maximum atomic E-state index is 12.6. The molecule has 1 saturated heterocycles. The molecule has 3 aromatic rings. The Labute approximate surface area is 155 Å². The van der Waals surface area contributed by atoms with Gasteiger partial charge in [-0.15, -0.1) is 22.7 Å². The molecule has 0 radical (unpaired) electrons. The quantitative estimate of drug-likeness (QED) is 0.693. The van der Waals surface area contributed by atoms with Gasteiger partial charge < -0.3 is 9.80 Å². The highest BCUT2D eigenvalue weighted by Crippen LogP contribution is 2.28. The molecule has 1 aliphatic heterocycles. The molecule has 0 unspecified atom stereocenters. The number of anilines is 1. The highest BCUT2D eigenvalue weighted by molar-refractivity contribution is 7.14. The van der Waals surface area contributed by atoms with E-state index in [2.05, 4.69) is 22.4 Å². The zero-order valence-corrected chi connectivity index (χ0v) is 15.4. The van der Waals surface area contributed by atoms with Gasteiger partial charge in [0.1, 0.15) is 0 Å². The third-order valence-electron chi connectivity index (χ3n) is 4.35. The normalized spacial score (nSPS) is 15.2. The number of hydrogen-bond donors (Lipinski definition) is 0. The Bertz CT molecular complexity index is 829. The van der Waals surface area contributed by atoms with Crippen LogP contribution >= 0.6 is 22.7 Å². The number of thiophene rings is 1. The molecule has 25 heavy (non-hydrogen) atoms. The zero-order chi connectivity index (χ0) is 17.1. The van der Waals surface area contributed by atoms with Gasteiger partial charge in [-0.25, -0.2) is 4.98 Å². The fraction of sp³-hybridized carbons (Fsp3) is 0.263. The number of aromatic nitrogens is 1. The van der Waals surface area contributed by atoms with E-state index in [0.717, 1.165) is 53.9 Å². The van der Waals surface area contributed by atoms with E-state index in [-0.39, 0.29) is 5.91 Å². The van der Waals surface area contributed by atoms with Gasteiger partial charge in [-0.1, -0.05) is 36.4 Å². The lowest BCUT2D eigenvalue weighted by Crippen LogP contribution is -2.34. The molecular formula is C19H19N3OS2. The number of nitrogens with zero attached hydrogens (tertiary/aromatic N) is 3. The predicted molar refractivity (Wildman–Crippen MR) is 105 cm³/mol. The van der Waals surface area contributed by atoms with Crippen LogP contribution in [0.5, 0.6) is 0 Å². The molecule has 0 atom stereocenters. The van der Waals surface area contributed by atoms with Gasteiger partial charge in [-0.3, -0.25) is 4.79 Å². The Morgan fingerprint density at radius 3 is 2.64 bits per heavy atom. The Hall–Kier alpha value is -2.18. The van der Waals surface area contributed by atoms with Gasteiger partial charge in [0, 0.05) is 37.1 Å². The molecule has 2 aromatic heterocycles. The molecule has 1 amide bonds. The first-order valence-electron chi connectivity index (χ1n) is 8.40. The average molecular weight is 370 g/mol. The van der Waals surface area contributed by atoms with Crippen molar-refractivity contribution < 1.29 is 4.79 Å². The number of hydrogen-bond acceptors (Lipinski definition) is 5. The second-order valence-corrected chi connectivity index (χ2v) is 7.78. The van der Waals surface area contributed by atoms with E-state index in [1.165, 1.54) is 11.3 Å². The summed E-state index contributed by atoms with van der Waals surface area (Å²) in [7, 11) is 0. The minimum Gasteiger partial charge on any atom is -0.346 e. The first-order chi connectivity index (χ1) is 12.3. The van der Waals surface area contributed by atoms with Crippen LogP contribution in [0.2, 0.25) is 0 Å². The van der Waals surface area contributed by atoms with Crippen molar-refractivity contribution in [3.05, 3.63) is 58.1 Å². The van der Waals surface area contributed by atoms with Crippen LogP contribution in [0.25, 0.3) is 11.3 Å². The van der Waals surface area contributed by atoms with Crippen molar-refractivity contribution in [1.29, 1.82) is 0 Å². The molecule has 0 N–H and O–H groups in total. The van der Waals surface area contributed by atoms with Gasteiger partial charge in [0.2, 0.25) is 0 Å². The largest absolute Gasteiger partial charge is 0.346 e. The van der Waals surface area contributed by atoms with Crippen LogP contribution in [0.4, 0.5) is 5.13 Å². The number of rotatable bonds is 3. The summed E-state index contributed by atoms with van der Waals surface area (Å²) in [6.45, 7) is 3.33. The molecule has 0 spiro atoms. The molecular weight excluding hydrogens is 350 g/mol. The highest BCUT2D eigenvalue weighted by Gasteiger charge is 2.22. The fourth-order valence-corrected chi connectivity index (χ4v) is 4.60. The van der Waals surface area contributed by atoms with E-state index in [9.17, 15) is 4.79 Å². The van der Waals surface area contributed by atoms with Crippen molar-refractivity contribution >= 4 is 33.7 Å². The summed E-state index contributed by atoms with van der Waals surface area (Å²) < 4.78 is 0. The lowest BCUT2D eigenvalue weighted by atomic mass is 10.2. The summed E-state index contributed by atoms with van der Waals surface area (Å²) in [4.78, 5) is 22.5. The topological polar surface area (TPSA) is 36.4 Å². The van der Waals surface area contributed by atoms with Gasteiger partial charge in [0.15, 0.2) is 5.13 Å². The van der Waals surface area contributed by atoms with E-state index in [1.54, 1.807) is 11.3 Å². The smallest absolute Gasteiger partial charge is 0.263 e. The SMILES string of the molecule is O=C(c1cccs1)N1CCCN(c2nc(-c3ccccc3)cs2)CC1. The summed E-state index contributed by atoms with van der Waals surface area (Å²) >= 11 is 3.20. The number of carbonyl (C=O) groups excluding carboxylic acids is 1. The summed E-state index contributed by atoms with van der Waals surface area (Å²) in [6.07, 6.45) is 0.970. The molecule has 0 bridgehead atoms. The van der Waals surface area contributed by atoms with Crippen molar-refractivity contribution in [2.75, 3.05) is 31.1 Å². The number of benzene rings is 1. The Morgan fingerprint density at radius 1 is 0.960 bits per heavy atom. The fourth-order valence-electron chi connectivity index (χ4n) is 3.02. The van der Waals surface area contributed by atoms with Gasteiger partial charge in [-0.05, 0) is 17.9 Å². The van der Waals surface area contributed by atoms with E-state index in [1.807, 2.05) is 40.6 Å². The number of carbonyl (C=O) groups is 1.